The van der Waals surface area contributed by atoms with Crippen molar-refractivity contribution in [1.29, 1.82) is 0 Å². The van der Waals surface area contributed by atoms with Crippen LogP contribution in [0.3, 0.4) is 0 Å². The summed E-state index contributed by atoms with van der Waals surface area (Å²) >= 11 is 0. The smallest absolute Gasteiger partial charge is 0.229 e. The number of aromatic nitrogens is 3. The van der Waals surface area contributed by atoms with Crippen LogP contribution >= 0.6 is 0 Å². The lowest BCUT2D eigenvalue weighted by Crippen LogP contribution is -2.27. The first-order valence-corrected chi connectivity index (χ1v) is 7.67. The van der Waals surface area contributed by atoms with E-state index >= 15 is 0 Å². The van der Waals surface area contributed by atoms with Gasteiger partial charge in [0.05, 0.1) is 0 Å². The normalized spacial score (nSPS) is 29.2. The zero-order valence-corrected chi connectivity index (χ0v) is 12.4. The SMILES string of the molecule is Cc1[nH]nc(NC(=O)[C@@H]2C[C@H](N)[C@H]3C[C@H]32)c1-c1cccnc1. The third kappa shape index (κ3) is 2.11. The maximum atomic E-state index is 12.6. The number of nitrogens with one attached hydrogen (secondary N) is 2. The third-order valence-corrected chi connectivity index (χ3v) is 4.96. The number of nitrogens with two attached hydrogens (primary N) is 1. The summed E-state index contributed by atoms with van der Waals surface area (Å²) in [7, 11) is 0. The minimum absolute atomic E-state index is 0.0266. The maximum Gasteiger partial charge on any atom is 0.229 e. The molecule has 0 bridgehead atoms. The van der Waals surface area contributed by atoms with Gasteiger partial charge in [-0.25, -0.2) is 0 Å². The molecule has 2 saturated carbocycles. The molecular formula is C16H19N5O. The molecule has 1 amide bonds. The molecule has 6 heteroatoms. The molecule has 0 unspecified atom stereocenters. The topological polar surface area (TPSA) is 96.7 Å². The van der Waals surface area contributed by atoms with E-state index in [4.69, 9.17) is 5.73 Å². The molecule has 2 aromatic rings. The summed E-state index contributed by atoms with van der Waals surface area (Å²) in [4.78, 5) is 16.7. The molecule has 2 heterocycles. The molecule has 22 heavy (non-hydrogen) atoms. The van der Waals surface area contributed by atoms with E-state index in [1.54, 1.807) is 12.4 Å². The van der Waals surface area contributed by atoms with Gasteiger partial charge in [-0.15, -0.1) is 0 Å². The summed E-state index contributed by atoms with van der Waals surface area (Å²) in [6.45, 7) is 1.94. The van der Waals surface area contributed by atoms with E-state index in [-0.39, 0.29) is 17.9 Å². The molecule has 2 aliphatic carbocycles. The quantitative estimate of drug-likeness (QED) is 0.803. The highest BCUT2D eigenvalue weighted by molar-refractivity contribution is 5.96. The van der Waals surface area contributed by atoms with Crippen LogP contribution < -0.4 is 11.1 Å². The number of carbonyl (C=O) groups excluding carboxylic acids is 1. The number of aromatic amines is 1. The Bertz CT molecular complexity index is 711. The number of fused-ring (bicyclic) bond motifs is 1. The first-order chi connectivity index (χ1) is 10.6. The average molecular weight is 297 g/mol. The van der Waals surface area contributed by atoms with E-state index in [1.165, 1.54) is 0 Å². The maximum absolute atomic E-state index is 12.6. The number of nitrogens with zero attached hydrogens (tertiary/aromatic N) is 2. The zero-order valence-electron chi connectivity index (χ0n) is 12.4. The Kier molecular flexibility index (Phi) is 3.00. The van der Waals surface area contributed by atoms with Crippen LogP contribution in [-0.4, -0.2) is 27.1 Å². The Morgan fingerprint density at radius 1 is 1.41 bits per heavy atom. The van der Waals surface area contributed by atoms with Gasteiger partial charge in [0.2, 0.25) is 5.91 Å². The molecule has 2 fully saturated rings. The predicted octanol–water partition coefficient (Wildman–Crippen LogP) is 1.70. The van der Waals surface area contributed by atoms with Crippen LogP contribution in [0.1, 0.15) is 18.5 Å². The molecule has 4 atom stereocenters. The van der Waals surface area contributed by atoms with Crippen LogP contribution in [0.4, 0.5) is 5.82 Å². The van der Waals surface area contributed by atoms with Gasteiger partial charge in [0.25, 0.3) is 0 Å². The highest BCUT2D eigenvalue weighted by atomic mass is 16.2. The van der Waals surface area contributed by atoms with E-state index in [0.29, 0.717) is 17.7 Å². The minimum atomic E-state index is 0.0266. The number of rotatable bonds is 3. The highest BCUT2D eigenvalue weighted by Gasteiger charge is 2.55. The van der Waals surface area contributed by atoms with Gasteiger partial charge >= 0.3 is 0 Å². The first-order valence-electron chi connectivity index (χ1n) is 7.67. The molecule has 0 radical (unpaired) electrons. The van der Waals surface area contributed by atoms with Gasteiger partial charge in [-0.2, -0.15) is 5.10 Å². The van der Waals surface area contributed by atoms with Crippen molar-refractivity contribution < 1.29 is 4.79 Å². The van der Waals surface area contributed by atoms with E-state index < -0.39 is 0 Å². The van der Waals surface area contributed by atoms with Crippen LogP contribution in [0.2, 0.25) is 0 Å². The molecule has 4 rings (SSSR count). The van der Waals surface area contributed by atoms with Crippen LogP contribution in [0.25, 0.3) is 11.1 Å². The molecule has 6 nitrogen and oxygen atoms in total. The Hall–Kier alpha value is -2.21. The molecule has 0 aliphatic heterocycles. The average Bonchev–Trinajstić information content (AvgIpc) is 3.14. The van der Waals surface area contributed by atoms with Crippen molar-refractivity contribution in [3.63, 3.8) is 0 Å². The molecule has 0 aromatic carbocycles. The van der Waals surface area contributed by atoms with Gasteiger partial charge in [0.15, 0.2) is 5.82 Å². The monoisotopic (exact) mass is 297 g/mol. The van der Waals surface area contributed by atoms with Crippen molar-refractivity contribution in [2.45, 2.75) is 25.8 Å². The number of H-pyrrole nitrogens is 1. The fourth-order valence-electron chi connectivity index (χ4n) is 3.73. The van der Waals surface area contributed by atoms with Crippen molar-refractivity contribution in [1.82, 2.24) is 15.2 Å². The largest absolute Gasteiger partial charge is 0.327 e. The number of hydrogen-bond acceptors (Lipinski definition) is 4. The van der Waals surface area contributed by atoms with Crippen molar-refractivity contribution in [2.75, 3.05) is 5.32 Å². The van der Waals surface area contributed by atoms with Crippen LogP contribution in [0.5, 0.6) is 0 Å². The van der Waals surface area contributed by atoms with Crippen molar-refractivity contribution in [3.05, 3.63) is 30.2 Å². The third-order valence-electron chi connectivity index (χ3n) is 4.96. The Morgan fingerprint density at radius 2 is 2.27 bits per heavy atom. The molecule has 2 aliphatic rings. The fraction of sp³-hybridized carbons (Fsp3) is 0.438. The van der Waals surface area contributed by atoms with Gasteiger partial charge in [-0.3, -0.25) is 14.9 Å². The van der Waals surface area contributed by atoms with Gasteiger partial charge in [-0.1, -0.05) is 6.07 Å². The Morgan fingerprint density at radius 3 is 2.91 bits per heavy atom. The lowest BCUT2D eigenvalue weighted by molar-refractivity contribution is -0.120. The van der Waals surface area contributed by atoms with Crippen molar-refractivity contribution in [3.8, 4) is 11.1 Å². The predicted molar refractivity (Wildman–Crippen MR) is 82.9 cm³/mol. The summed E-state index contributed by atoms with van der Waals surface area (Å²) in [5.41, 5.74) is 8.81. The van der Waals surface area contributed by atoms with E-state index in [1.807, 2.05) is 19.1 Å². The first kappa shape index (κ1) is 13.5. The van der Waals surface area contributed by atoms with Gasteiger partial charge in [0, 0.05) is 41.2 Å². The number of carbonyl (C=O) groups is 1. The number of anilines is 1. The van der Waals surface area contributed by atoms with Crippen molar-refractivity contribution in [2.24, 2.45) is 23.5 Å². The fourth-order valence-corrected chi connectivity index (χ4v) is 3.73. The summed E-state index contributed by atoms with van der Waals surface area (Å²) in [5, 5.41) is 10.2. The van der Waals surface area contributed by atoms with Crippen LogP contribution in [0, 0.1) is 24.7 Å². The van der Waals surface area contributed by atoms with Crippen LogP contribution in [0.15, 0.2) is 24.5 Å². The summed E-state index contributed by atoms with van der Waals surface area (Å²) in [6.07, 6.45) is 5.38. The lowest BCUT2D eigenvalue weighted by Gasteiger charge is -2.13. The molecule has 4 N–H and O–H groups in total. The van der Waals surface area contributed by atoms with Gasteiger partial charge < -0.3 is 11.1 Å². The summed E-state index contributed by atoms with van der Waals surface area (Å²) in [5.74, 6) is 1.66. The minimum Gasteiger partial charge on any atom is -0.327 e. The van der Waals surface area contributed by atoms with Crippen LogP contribution in [-0.2, 0) is 4.79 Å². The number of pyridine rings is 1. The zero-order chi connectivity index (χ0) is 15.3. The second-order valence-electron chi connectivity index (χ2n) is 6.37. The van der Waals surface area contributed by atoms with E-state index in [2.05, 4.69) is 20.5 Å². The number of aryl methyl sites for hydroxylation is 1. The molecule has 0 spiro atoms. The number of amides is 1. The van der Waals surface area contributed by atoms with E-state index in [0.717, 1.165) is 29.7 Å². The standard InChI is InChI=1S/C16H19N5O/c1-8-14(9-3-2-4-18-7-9)15(21-20-8)19-16(22)12-6-13(17)11-5-10(11)12/h2-4,7,10-13H,5-6,17H2,1H3,(H2,19,20,21,22)/t10-,11+,12-,13+/m1/s1. The molecule has 114 valence electrons. The summed E-state index contributed by atoms with van der Waals surface area (Å²) < 4.78 is 0. The molecular weight excluding hydrogens is 278 g/mol. The Balaban J connectivity index is 1.58. The highest BCUT2D eigenvalue weighted by Crippen LogP contribution is 2.54. The Labute approximate surface area is 128 Å². The number of hydrogen-bond donors (Lipinski definition) is 3. The lowest BCUT2D eigenvalue weighted by atomic mass is 10.0. The van der Waals surface area contributed by atoms with Gasteiger partial charge in [-0.05, 0) is 37.7 Å². The second kappa shape index (κ2) is 4.91. The molecule has 0 saturated heterocycles. The summed E-state index contributed by atoms with van der Waals surface area (Å²) in [6, 6.07) is 4.01. The second-order valence-corrected chi connectivity index (χ2v) is 6.37. The van der Waals surface area contributed by atoms with E-state index in [9.17, 15) is 4.79 Å². The van der Waals surface area contributed by atoms with Crippen molar-refractivity contribution >= 4 is 11.7 Å². The molecule has 2 aromatic heterocycles. The van der Waals surface area contributed by atoms with Gasteiger partial charge in [0.1, 0.15) is 0 Å².